The zero-order valence-corrected chi connectivity index (χ0v) is 13.4. The molecule has 0 aromatic heterocycles. The Kier molecular flexibility index (Phi) is 6.44. The number of rotatable bonds is 5. The molecule has 120 valence electrons. The average Bonchev–Trinajstić information content (AvgIpc) is 2.76. The van der Waals surface area contributed by atoms with Gasteiger partial charge in [-0.2, -0.15) is 0 Å². The Morgan fingerprint density at radius 2 is 1.73 bits per heavy atom. The maximum Gasteiger partial charge on any atom is 0.233 e. The van der Waals surface area contributed by atoms with Gasteiger partial charge in [0.05, 0.1) is 0 Å². The Morgan fingerprint density at radius 1 is 1.05 bits per heavy atom. The summed E-state index contributed by atoms with van der Waals surface area (Å²) >= 11 is 0. The highest BCUT2D eigenvalue weighted by atomic mass is 16.2. The van der Waals surface area contributed by atoms with Gasteiger partial charge in [-0.3, -0.25) is 9.59 Å². The summed E-state index contributed by atoms with van der Waals surface area (Å²) in [7, 11) is 0. The van der Waals surface area contributed by atoms with Crippen molar-refractivity contribution in [1.82, 2.24) is 5.32 Å². The molecule has 2 amide bonds. The molecule has 0 atom stereocenters. The Bertz CT molecular complexity index is 506. The number of para-hydroxylation sites is 1. The van der Waals surface area contributed by atoms with E-state index in [1.165, 1.54) is 25.7 Å². The number of carbonyl (C=O) groups is 2. The average molecular weight is 302 g/mol. The minimum absolute atomic E-state index is 0.103. The number of benzene rings is 1. The number of hydrogen-bond acceptors (Lipinski definition) is 2. The van der Waals surface area contributed by atoms with Gasteiger partial charge in [0.1, 0.15) is 6.42 Å². The van der Waals surface area contributed by atoms with Crippen LogP contribution < -0.4 is 10.6 Å². The van der Waals surface area contributed by atoms with Gasteiger partial charge >= 0.3 is 0 Å². The molecule has 1 aromatic carbocycles. The van der Waals surface area contributed by atoms with Gasteiger partial charge in [-0.15, -0.1) is 0 Å². The van der Waals surface area contributed by atoms with Crippen molar-refractivity contribution >= 4 is 17.5 Å². The summed E-state index contributed by atoms with van der Waals surface area (Å²) < 4.78 is 0. The van der Waals surface area contributed by atoms with Crippen LogP contribution in [0.4, 0.5) is 5.69 Å². The second-order valence-electron chi connectivity index (χ2n) is 5.99. The lowest BCUT2D eigenvalue weighted by Gasteiger charge is -2.16. The van der Waals surface area contributed by atoms with E-state index in [0.29, 0.717) is 0 Å². The van der Waals surface area contributed by atoms with Crippen molar-refractivity contribution < 1.29 is 9.59 Å². The van der Waals surface area contributed by atoms with E-state index in [1.807, 2.05) is 31.2 Å². The summed E-state index contributed by atoms with van der Waals surface area (Å²) in [5, 5.41) is 5.85. The maximum atomic E-state index is 12.0. The Hall–Kier alpha value is -1.84. The Morgan fingerprint density at radius 3 is 2.41 bits per heavy atom. The summed E-state index contributed by atoms with van der Waals surface area (Å²) in [6.07, 6.45) is 7.65. The first-order chi connectivity index (χ1) is 10.7. The maximum absolute atomic E-state index is 12.0. The van der Waals surface area contributed by atoms with Crippen LogP contribution >= 0.6 is 0 Å². The fraction of sp³-hybridized carbons (Fsp3) is 0.556. The van der Waals surface area contributed by atoms with Crippen molar-refractivity contribution in [2.24, 2.45) is 0 Å². The molecule has 0 aliphatic heterocycles. The molecule has 0 spiro atoms. The molecule has 0 heterocycles. The van der Waals surface area contributed by atoms with Crippen LogP contribution in [0.3, 0.4) is 0 Å². The van der Waals surface area contributed by atoms with E-state index >= 15 is 0 Å². The number of carbonyl (C=O) groups excluding carboxylic acids is 2. The van der Waals surface area contributed by atoms with Crippen molar-refractivity contribution in [1.29, 1.82) is 0 Å². The number of nitrogens with one attached hydrogen (secondary N) is 2. The van der Waals surface area contributed by atoms with E-state index in [-0.39, 0.29) is 24.3 Å². The van der Waals surface area contributed by atoms with Gasteiger partial charge in [-0.25, -0.2) is 0 Å². The molecule has 1 fully saturated rings. The molecule has 1 aromatic rings. The van der Waals surface area contributed by atoms with Crippen LogP contribution in [-0.4, -0.2) is 17.9 Å². The lowest BCUT2D eigenvalue weighted by Crippen LogP contribution is -2.36. The van der Waals surface area contributed by atoms with Crippen molar-refractivity contribution in [3.05, 3.63) is 29.8 Å². The van der Waals surface area contributed by atoms with Gasteiger partial charge < -0.3 is 10.6 Å². The van der Waals surface area contributed by atoms with E-state index in [0.717, 1.165) is 30.5 Å². The van der Waals surface area contributed by atoms with Gasteiger partial charge in [0.25, 0.3) is 0 Å². The largest absolute Gasteiger partial charge is 0.353 e. The van der Waals surface area contributed by atoms with E-state index in [2.05, 4.69) is 10.6 Å². The summed E-state index contributed by atoms with van der Waals surface area (Å²) in [4.78, 5) is 24.0. The smallest absolute Gasteiger partial charge is 0.233 e. The molecule has 1 aliphatic carbocycles. The predicted molar refractivity (Wildman–Crippen MR) is 88.7 cm³/mol. The number of amides is 2. The summed E-state index contributed by atoms with van der Waals surface area (Å²) in [6.45, 7) is 2.05. The van der Waals surface area contributed by atoms with E-state index in [4.69, 9.17) is 0 Å². The van der Waals surface area contributed by atoms with Gasteiger partial charge in [0.15, 0.2) is 0 Å². The predicted octanol–water partition coefficient (Wildman–Crippen LogP) is 3.42. The van der Waals surface area contributed by atoms with Gasteiger partial charge in [-0.1, -0.05) is 50.8 Å². The lowest BCUT2D eigenvalue weighted by atomic mass is 10.1. The molecule has 0 unspecified atom stereocenters. The van der Waals surface area contributed by atoms with Crippen LogP contribution in [-0.2, 0) is 16.0 Å². The summed E-state index contributed by atoms with van der Waals surface area (Å²) in [5.74, 6) is -0.412. The van der Waals surface area contributed by atoms with Crippen molar-refractivity contribution in [2.45, 2.75) is 64.3 Å². The first kappa shape index (κ1) is 16.5. The third-order valence-electron chi connectivity index (χ3n) is 4.21. The van der Waals surface area contributed by atoms with Crippen molar-refractivity contribution in [3.63, 3.8) is 0 Å². The molecule has 22 heavy (non-hydrogen) atoms. The highest BCUT2D eigenvalue weighted by Gasteiger charge is 2.17. The van der Waals surface area contributed by atoms with Crippen LogP contribution in [0.2, 0.25) is 0 Å². The molecule has 0 bridgehead atoms. The molecule has 4 nitrogen and oxygen atoms in total. The Labute approximate surface area is 132 Å². The van der Waals surface area contributed by atoms with Gasteiger partial charge in [0.2, 0.25) is 11.8 Å². The third-order valence-corrected chi connectivity index (χ3v) is 4.21. The molecular formula is C18H26N2O2. The topological polar surface area (TPSA) is 58.2 Å². The quantitative estimate of drug-likeness (QED) is 0.647. The van der Waals surface area contributed by atoms with Crippen LogP contribution in [0.1, 0.15) is 57.4 Å². The molecule has 1 saturated carbocycles. The lowest BCUT2D eigenvalue weighted by molar-refractivity contribution is -0.127. The monoisotopic (exact) mass is 302 g/mol. The second-order valence-corrected chi connectivity index (χ2v) is 5.99. The summed E-state index contributed by atoms with van der Waals surface area (Å²) in [5.41, 5.74) is 1.89. The molecule has 0 radical (unpaired) electrons. The first-order valence-electron chi connectivity index (χ1n) is 8.36. The first-order valence-corrected chi connectivity index (χ1v) is 8.36. The van der Waals surface area contributed by atoms with Crippen LogP contribution in [0, 0.1) is 0 Å². The van der Waals surface area contributed by atoms with Gasteiger partial charge in [-0.05, 0) is 30.9 Å². The molecule has 1 aliphatic rings. The highest BCUT2D eigenvalue weighted by molar-refractivity contribution is 6.03. The van der Waals surface area contributed by atoms with Gasteiger partial charge in [0, 0.05) is 11.7 Å². The SMILES string of the molecule is CCc1ccccc1NC(=O)CC(=O)NC1CCCCCC1. The Balaban J connectivity index is 1.82. The molecule has 2 N–H and O–H groups in total. The van der Waals surface area contributed by atoms with E-state index < -0.39 is 0 Å². The number of anilines is 1. The van der Waals surface area contributed by atoms with Crippen LogP contribution in [0.25, 0.3) is 0 Å². The van der Waals surface area contributed by atoms with Crippen LogP contribution in [0.5, 0.6) is 0 Å². The fourth-order valence-corrected chi connectivity index (χ4v) is 2.99. The minimum Gasteiger partial charge on any atom is -0.353 e. The van der Waals surface area contributed by atoms with E-state index in [1.54, 1.807) is 0 Å². The molecule has 2 rings (SSSR count). The van der Waals surface area contributed by atoms with E-state index in [9.17, 15) is 9.59 Å². The number of aryl methyl sites for hydroxylation is 1. The van der Waals surface area contributed by atoms with Crippen molar-refractivity contribution in [3.8, 4) is 0 Å². The number of hydrogen-bond donors (Lipinski definition) is 2. The zero-order valence-electron chi connectivity index (χ0n) is 13.4. The normalized spacial score (nSPS) is 15.9. The molecule has 4 heteroatoms. The highest BCUT2D eigenvalue weighted by Crippen LogP contribution is 2.18. The fourth-order valence-electron chi connectivity index (χ4n) is 2.99. The molecule has 0 saturated heterocycles. The second kappa shape index (κ2) is 8.57. The summed E-state index contributed by atoms with van der Waals surface area (Å²) in [6, 6.07) is 7.94. The third kappa shape index (κ3) is 5.17. The molecular weight excluding hydrogens is 276 g/mol. The minimum atomic E-state index is -0.243. The standard InChI is InChI=1S/C18H26N2O2/c1-2-14-9-7-8-12-16(14)20-18(22)13-17(21)19-15-10-5-3-4-6-11-15/h7-9,12,15H,2-6,10-11,13H2,1H3,(H,19,21)(H,20,22). The van der Waals surface area contributed by atoms with Crippen LogP contribution in [0.15, 0.2) is 24.3 Å². The zero-order chi connectivity index (χ0) is 15.8. The van der Waals surface area contributed by atoms with Crippen molar-refractivity contribution in [2.75, 3.05) is 5.32 Å².